The lowest BCUT2D eigenvalue weighted by Crippen LogP contribution is -2.60. The first-order chi connectivity index (χ1) is 20.7. The van der Waals surface area contributed by atoms with Gasteiger partial charge in [-0.3, -0.25) is 19.4 Å². The molecule has 230 valence electrons. The summed E-state index contributed by atoms with van der Waals surface area (Å²) in [5, 5.41) is 5.11. The van der Waals surface area contributed by atoms with Crippen LogP contribution in [0.25, 0.3) is 0 Å². The Morgan fingerprint density at radius 2 is 1.84 bits per heavy atom. The van der Waals surface area contributed by atoms with Gasteiger partial charge in [-0.1, -0.05) is 0 Å². The van der Waals surface area contributed by atoms with Crippen LogP contribution in [-0.4, -0.2) is 57.4 Å². The number of halogens is 6. The van der Waals surface area contributed by atoms with Crippen LogP contribution in [0.3, 0.4) is 0 Å². The lowest BCUT2D eigenvalue weighted by atomic mass is 9.79. The minimum Gasteiger partial charge on any atom is -0.397 e. The number of nitrogens with zero attached hydrogens (tertiary/aromatic N) is 3. The van der Waals surface area contributed by atoms with Gasteiger partial charge in [0, 0.05) is 41.4 Å². The van der Waals surface area contributed by atoms with Gasteiger partial charge in [0.1, 0.15) is 24.2 Å². The first-order valence-corrected chi connectivity index (χ1v) is 13.6. The quantitative estimate of drug-likeness (QED) is 0.303. The number of carbonyl (C=O) groups is 3. The molecule has 6 rings (SSSR count). The fraction of sp³-hybridized carbons (Fsp3) is 0.345. The van der Waals surface area contributed by atoms with Gasteiger partial charge in [0.05, 0.1) is 22.9 Å². The molecule has 0 bridgehead atoms. The van der Waals surface area contributed by atoms with Gasteiger partial charge in [0.2, 0.25) is 11.8 Å². The Morgan fingerprint density at radius 3 is 2.57 bits per heavy atom. The van der Waals surface area contributed by atoms with Crippen molar-refractivity contribution in [3.8, 4) is 0 Å². The summed E-state index contributed by atoms with van der Waals surface area (Å²) in [6.07, 6.45) is -2.40. The highest BCUT2D eigenvalue weighted by Crippen LogP contribution is 2.47. The second-order valence-electron chi connectivity index (χ2n) is 11.3. The number of hydrogen-bond donors (Lipinski definition) is 3. The number of benzene rings is 1. The van der Waals surface area contributed by atoms with Crippen LogP contribution in [0.15, 0.2) is 36.7 Å². The number of anilines is 2. The molecule has 44 heavy (non-hydrogen) atoms. The van der Waals surface area contributed by atoms with Crippen molar-refractivity contribution in [2.45, 2.75) is 55.8 Å². The van der Waals surface area contributed by atoms with E-state index in [1.807, 2.05) is 0 Å². The first kappa shape index (κ1) is 29.4. The van der Waals surface area contributed by atoms with Crippen molar-refractivity contribution in [2.24, 2.45) is 0 Å². The normalized spacial score (nSPS) is 24.3. The molecule has 9 nitrogen and oxygen atoms in total. The average molecular weight is 619 g/mol. The summed E-state index contributed by atoms with van der Waals surface area (Å²) < 4.78 is 83.9. The van der Waals surface area contributed by atoms with Crippen LogP contribution < -0.4 is 16.4 Å². The lowest BCUT2D eigenvalue weighted by Gasteiger charge is -2.43. The molecular weight excluding hydrogens is 594 g/mol. The van der Waals surface area contributed by atoms with E-state index in [1.54, 1.807) is 6.07 Å². The molecule has 1 saturated heterocycles. The van der Waals surface area contributed by atoms with Crippen LogP contribution in [0.2, 0.25) is 0 Å². The summed E-state index contributed by atoms with van der Waals surface area (Å²) in [6.45, 7) is -0.573. The summed E-state index contributed by atoms with van der Waals surface area (Å²) in [5.41, 5.74) is 5.99. The van der Waals surface area contributed by atoms with E-state index in [9.17, 15) is 40.7 Å². The Balaban J connectivity index is 1.28. The number of likely N-dealkylation sites (tertiary alicyclic amines) is 1. The molecule has 2 aliphatic heterocycles. The number of rotatable bonds is 4. The van der Waals surface area contributed by atoms with Crippen molar-refractivity contribution < 1.29 is 40.7 Å². The van der Waals surface area contributed by atoms with Crippen LogP contribution in [0.4, 0.5) is 37.8 Å². The minimum atomic E-state index is -4.87. The predicted octanol–water partition coefficient (Wildman–Crippen LogP) is 3.53. The zero-order valence-corrected chi connectivity index (χ0v) is 22.9. The third-order valence-electron chi connectivity index (χ3n) is 8.62. The molecule has 0 saturated carbocycles. The van der Waals surface area contributed by atoms with E-state index < -0.39 is 77.4 Å². The van der Waals surface area contributed by atoms with E-state index >= 15 is 0 Å². The van der Waals surface area contributed by atoms with E-state index in [1.165, 1.54) is 25.4 Å². The minimum absolute atomic E-state index is 0.0569. The number of pyridine rings is 2. The highest BCUT2D eigenvalue weighted by molar-refractivity contribution is 6.06. The van der Waals surface area contributed by atoms with Crippen molar-refractivity contribution in [3.63, 3.8) is 0 Å². The Hall–Kier alpha value is -4.69. The average Bonchev–Trinajstić information content (AvgIpc) is 3.47. The van der Waals surface area contributed by atoms with Gasteiger partial charge in [-0.2, -0.15) is 13.2 Å². The summed E-state index contributed by atoms with van der Waals surface area (Å²) >= 11 is 0. The van der Waals surface area contributed by atoms with Gasteiger partial charge in [-0.05, 0) is 49.6 Å². The van der Waals surface area contributed by atoms with E-state index in [2.05, 4.69) is 20.6 Å². The van der Waals surface area contributed by atoms with Crippen LogP contribution in [0.1, 0.15) is 52.0 Å². The van der Waals surface area contributed by atoms with Crippen molar-refractivity contribution in [1.82, 2.24) is 20.2 Å². The monoisotopic (exact) mass is 618 g/mol. The van der Waals surface area contributed by atoms with E-state index in [0.29, 0.717) is 45.4 Å². The number of alkyl halides is 3. The molecule has 4 N–H and O–H groups in total. The standard InChI is InChI=1S/C29H24F6N6O3/c1-12-16(22-18(30)2-3-19(31)23(22)32)6-20(26(43)41(12)11-29(33,34)35)39-25(42)14-4-13-7-28(8-21(13)37-9-14)17-5-15(36)10-38-24(17)40-27(28)44/h2-5,9-10,12,16,20H,6-8,11,36H2,1H3,(H,39,42)(H,38,40,44)/t12-,16-,20+,28+/m1/s1. The second-order valence-corrected chi connectivity index (χ2v) is 11.3. The van der Waals surface area contributed by atoms with Gasteiger partial charge in [-0.25, -0.2) is 18.2 Å². The van der Waals surface area contributed by atoms with Gasteiger partial charge in [0.25, 0.3) is 5.91 Å². The fourth-order valence-electron chi connectivity index (χ4n) is 6.48. The number of piperidine rings is 1. The van der Waals surface area contributed by atoms with Crippen molar-refractivity contribution in [3.05, 3.63) is 82.1 Å². The molecule has 0 unspecified atom stereocenters. The maximum Gasteiger partial charge on any atom is 0.406 e. The predicted molar refractivity (Wildman–Crippen MR) is 143 cm³/mol. The molecular formula is C29H24F6N6O3. The maximum atomic E-state index is 14.8. The van der Waals surface area contributed by atoms with Crippen molar-refractivity contribution >= 4 is 29.2 Å². The zero-order chi connectivity index (χ0) is 31.7. The molecule has 3 aliphatic rings. The number of fused-ring (bicyclic) bond motifs is 3. The maximum absolute atomic E-state index is 14.8. The first-order valence-electron chi connectivity index (χ1n) is 13.6. The highest BCUT2D eigenvalue weighted by atomic mass is 19.4. The van der Waals surface area contributed by atoms with Crippen molar-refractivity contribution in [2.75, 3.05) is 17.6 Å². The van der Waals surface area contributed by atoms with Gasteiger partial charge in [-0.15, -0.1) is 0 Å². The number of hydrogen-bond acceptors (Lipinski definition) is 6. The number of carbonyl (C=O) groups excluding carboxylic acids is 3. The molecule has 15 heteroatoms. The smallest absolute Gasteiger partial charge is 0.397 e. The van der Waals surface area contributed by atoms with Gasteiger partial charge >= 0.3 is 6.18 Å². The molecule has 1 fully saturated rings. The number of nitrogens with two attached hydrogens (primary N) is 1. The Bertz CT molecular complexity index is 1730. The molecule has 1 aromatic carbocycles. The number of nitrogens with one attached hydrogen (secondary N) is 2. The summed E-state index contributed by atoms with van der Waals surface area (Å²) in [7, 11) is 0. The molecule has 4 atom stereocenters. The molecule has 4 heterocycles. The van der Waals surface area contributed by atoms with Gasteiger partial charge < -0.3 is 21.3 Å². The number of nitrogen functional groups attached to an aromatic ring is 1. The Labute approximate surface area is 245 Å². The molecule has 2 aromatic heterocycles. The van der Waals surface area contributed by atoms with Crippen LogP contribution in [0, 0.1) is 17.5 Å². The second kappa shape index (κ2) is 10.2. The van der Waals surface area contributed by atoms with Gasteiger partial charge in [0.15, 0.2) is 11.6 Å². The van der Waals surface area contributed by atoms with E-state index in [-0.39, 0.29) is 24.3 Å². The van der Waals surface area contributed by atoms with E-state index in [4.69, 9.17) is 5.73 Å². The van der Waals surface area contributed by atoms with Crippen LogP contribution in [-0.2, 0) is 27.8 Å². The van der Waals surface area contributed by atoms with E-state index in [0.717, 1.165) is 0 Å². The SMILES string of the molecule is C[C@@H]1[C@H](c2c(F)ccc(F)c2F)C[C@H](NC(=O)c2cnc3c(c2)C[C@@]2(C3)C(=O)Nc3ncc(N)cc32)C(=O)N1CC(F)(F)F. The topological polar surface area (TPSA) is 130 Å². The highest BCUT2D eigenvalue weighted by Gasteiger charge is 2.52. The third kappa shape index (κ3) is 4.79. The third-order valence-corrected chi connectivity index (χ3v) is 8.62. The molecule has 3 amide bonds. The number of aromatic nitrogens is 2. The summed E-state index contributed by atoms with van der Waals surface area (Å²) in [5.74, 6) is -7.56. The largest absolute Gasteiger partial charge is 0.406 e. The lowest BCUT2D eigenvalue weighted by molar-refractivity contribution is -0.170. The number of amides is 3. The van der Waals surface area contributed by atoms with Crippen LogP contribution >= 0.6 is 0 Å². The zero-order valence-electron chi connectivity index (χ0n) is 22.9. The molecule has 0 radical (unpaired) electrons. The van der Waals surface area contributed by atoms with Crippen molar-refractivity contribution in [1.29, 1.82) is 0 Å². The molecule has 1 spiro atoms. The molecule has 3 aromatic rings. The summed E-state index contributed by atoms with van der Waals surface area (Å²) in [4.78, 5) is 48.4. The summed E-state index contributed by atoms with van der Waals surface area (Å²) in [6, 6.07) is 1.28. The Morgan fingerprint density at radius 1 is 1.11 bits per heavy atom. The fourth-order valence-corrected chi connectivity index (χ4v) is 6.48. The Kier molecular flexibility index (Phi) is 6.81. The molecule has 1 aliphatic carbocycles. The van der Waals surface area contributed by atoms with Crippen LogP contribution in [0.5, 0.6) is 0 Å².